The molecule has 1 aromatic heterocycles. The van der Waals surface area contributed by atoms with Gasteiger partial charge < -0.3 is 25.3 Å². The Kier molecular flexibility index (Phi) is 8.31. The maximum absolute atomic E-state index is 11.9. The lowest BCUT2D eigenvalue weighted by Gasteiger charge is -2.26. The van der Waals surface area contributed by atoms with Crippen molar-refractivity contribution in [3.05, 3.63) is 23.7 Å². The van der Waals surface area contributed by atoms with E-state index in [4.69, 9.17) is 4.42 Å². The molecular weight excluding hydrogens is 318 g/mol. The molecule has 0 unspecified atom stereocenters. The summed E-state index contributed by atoms with van der Waals surface area (Å²) in [6, 6.07) is 1.79. The van der Waals surface area contributed by atoms with E-state index in [-0.39, 0.29) is 5.91 Å². The number of aryl methyl sites for hydroxylation is 1. The summed E-state index contributed by atoms with van der Waals surface area (Å²) < 4.78 is 5.17. The number of amides is 1. The van der Waals surface area contributed by atoms with E-state index in [1.165, 1.54) is 38.6 Å². The molecule has 0 radical (unpaired) electrons. The molecule has 1 aliphatic heterocycles. The van der Waals surface area contributed by atoms with E-state index in [9.17, 15) is 4.79 Å². The number of hydrogen-bond acceptors (Lipinski definition) is 4. The molecule has 25 heavy (non-hydrogen) atoms. The van der Waals surface area contributed by atoms with Crippen molar-refractivity contribution in [1.82, 2.24) is 20.9 Å². The summed E-state index contributed by atoms with van der Waals surface area (Å²) in [5.74, 6) is 1.04. The lowest BCUT2D eigenvalue weighted by molar-refractivity contribution is 0.0925. The van der Waals surface area contributed by atoms with Gasteiger partial charge in [-0.2, -0.15) is 0 Å². The molecule has 1 saturated heterocycles. The Morgan fingerprint density at radius 3 is 2.56 bits per heavy atom. The minimum atomic E-state index is -0.161. The van der Waals surface area contributed by atoms with E-state index < -0.39 is 0 Å². The van der Waals surface area contributed by atoms with Gasteiger partial charge in [0.15, 0.2) is 11.7 Å². The Balaban J connectivity index is 1.53. The summed E-state index contributed by atoms with van der Waals surface area (Å²) in [5.41, 5.74) is 0.855. The smallest absolute Gasteiger partial charge is 0.287 e. The van der Waals surface area contributed by atoms with Crippen LogP contribution in [0.4, 0.5) is 0 Å². The van der Waals surface area contributed by atoms with Gasteiger partial charge in [-0.25, -0.2) is 0 Å². The zero-order chi connectivity index (χ0) is 17.9. The number of piperidine rings is 1. The number of rotatable bonds is 8. The average molecular weight is 349 g/mol. The lowest BCUT2D eigenvalue weighted by atomic mass is 10.1. The standard InChI is InChI=1S/C18H31N5O2/c1-15-7-14-25-16(15)17(24)20-8-6-9-21-18(19-2)22-10-13-23-11-4-3-5-12-23/h7,14H,3-6,8-13H2,1-2H3,(H,20,24)(H2,19,21,22). The monoisotopic (exact) mass is 349 g/mol. The van der Waals surface area contributed by atoms with E-state index in [1.54, 1.807) is 13.1 Å². The van der Waals surface area contributed by atoms with Crippen LogP contribution >= 0.6 is 0 Å². The zero-order valence-corrected chi connectivity index (χ0v) is 15.4. The first-order chi connectivity index (χ1) is 12.2. The summed E-state index contributed by atoms with van der Waals surface area (Å²) in [6.07, 6.45) is 6.35. The molecule has 140 valence electrons. The molecule has 0 atom stereocenters. The van der Waals surface area contributed by atoms with Gasteiger partial charge in [0.2, 0.25) is 0 Å². The van der Waals surface area contributed by atoms with Gasteiger partial charge in [0, 0.05) is 38.8 Å². The fourth-order valence-electron chi connectivity index (χ4n) is 2.92. The summed E-state index contributed by atoms with van der Waals surface area (Å²) in [4.78, 5) is 18.6. The average Bonchev–Trinajstić information content (AvgIpc) is 3.06. The third kappa shape index (κ3) is 6.78. The van der Waals surface area contributed by atoms with Crippen molar-refractivity contribution in [2.45, 2.75) is 32.6 Å². The molecule has 0 aromatic carbocycles. The third-order valence-corrected chi connectivity index (χ3v) is 4.39. The van der Waals surface area contributed by atoms with Crippen molar-refractivity contribution in [2.24, 2.45) is 4.99 Å². The topological polar surface area (TPSA) is 81.9 Å². The number of carbonyl (C=O) groups is 1. The van der Waals surface area contributed by atoms with Gasteiger partial charge in [0.1, 0.15) is 0 Å². The number of hydrogen-bond donors (Lipinski definition) is 3. The molecule has 1 fully saturated rings. The molecule has 0 spiro atoms. The van der Waals surface area contributed by atoms with E-state index in [1.807, 2.05) is 6.92 Å². The van der Waals surface area contributed by atoms with E-state index in [0.29, 0.717) is 12.3 Å². The van der Waals surface area contributed by atoms with Gasteiger partial charge >= 0.3 is 0 Å². The number of nitrogens with zero attached hydrogens (tertiary/aromatic N) is 2. The van der Waals surface area contributed by atoms with Crippen LogP contribution in [0.2, 0.25) is 0 Å². The fourth-order valence-corrected chi connectivity index (χ4v) is 2.92. The molecule has 3 N–H and O–H groups in total. The second-order valence-corrected chi connectivity index (χ2v) is 6.37. The first-order valence-corrected chi connectivity index (χ1v) is 9.20. The van der Waals surface area contributed by atoms with Gasteiger partial charge in [-0.3, -0.25) is 9.79 Å². The molecule has 2 heterocycles. The van der Waals surface area contributed by atoms with Crippen LogP contribution in [-0.2, 0) is 0 Å². The molecule has 7 heteroatoms. The van der Waals surface area contributed by atoms with Crippen LogP contribution in [-0.4, -0.2) is 63.1 Å². The Labute approximate surface area is 150 Å². The highest BCUT2D eigenvalue weighted by molar-refractivity contribution is 5.92. The summed E-state index contributed by atoms with van der Waals surface area (Å²) in [7, 11) is 1.78. The second kappa shape index (κ2) is 10.8. The summed E-state index contributed by atoms with van der Waals surface area (Å²) in [6.45, 7) is 7.58. The normalized spacial score (nSPS) is 15.8. The van der Waals surface area contributed by atoms with E-state index >= 15 is 0 Å². The van der Waals surface area contributed by atoms with Crippen molar-refractivity contribution in [3.8, 4) is 0 Å². The first-order valence-electron chi connectivity index (χ1n) is 9.20. The molecule has 0 saturated carbocycles. The van der Waals surface area contributed by atoms with Crippen LogP contribution in [0.3, 0.4) is 0 Å². The van der Waals surface area contributed by atoms with Gasteiger partial charge in [0.05, 0.1) is 6.26 Å². The second-order valence-electron chi connectivity index (χ2n) is 6.37. The number of aliphatic imine (C=N–C) groups is 1. The van der Waals surface area contributed by atoms with Gasteiger partial charge in [-0.15, -0.1) is 0 Å². The molecule has 7 nitrogen and oxygen atoms in total. The van der Waals surface area contributed by atoms with Crippen LogP contribution < -0.4 is 16.0 Å². The molecular formula is C18H31N5O2. The van der Waals surface area contributed by atoms with Crippen LogP contribution in [0, 0.1) is 6.92 Å². The minimum Gasteiger partial charge on any atom is -0.459 e. The number of nitrogens with one attached hydrogen (secondary N) is 3. The molecule has 0 bridgehead atoms. The molecule has 1 amide bonds. The number of likely N-dealkylation sites (tertiary alicyclic amines) is 1. The highest BCUT2D eigenvalue weighted by Gasteiger charge is 2.11. The molecule has 2 rings (SSSR count). The fraction of sp³-hybridized carbons (Fsp3) is 0.667. The Morgan fingerprint density at radius 1 is 1.16 bits per heavy atom. The highest BCUT2D eigenvalue weighted by Crippen LogP contribution is 2.08. The highest BCUT2D eigenvalue weighted by atomic mass is 16.3. The number of furan rings is 1. The molecule has 1 aliphatic rings. The first kappa shape index (κ1) is 19.3. The van der Waals surface area contributed by atoms with Crippen LogP contribution in [0.25, 0.3) is 0 Å². The van der Waals surface area contributed by atoms with Crippen LogP contribution in [0.1, 0.15) is 41.8 Å². The predicted molar refractivity (Wildman–Crippen MR) is 100 cm³/mol. The summed E-state index contributed by atoms with van der Waals surface area (Å²) >= 11 is 0. The largest absolute Gasteiger partial charge is 0.459 e. The van der Waals surface area contributed by atoms with Crippen LogP contribution in [0.5, 0.6) is 0 Å². The number of guanidine groups is 1. The zero-order valence-electron chi connectivity index (χ0n) is 15.4. The Morgan fingerprint density at radius 2 is 1.88 bits per heavy atom. The Bertz CT molecular complexity index is 549. The van der Waals surface area contributed by atoms with Gasteiger partial charge in [0.25, 0.3) is 5.91 Å². The SMILES string of the molecule is CN=C(NCCCNC(=O)c1occc1C)NCCN1CCCCC1. The van der Waals surface area contributed by atoms with Gasteiger partial charge in [-0.1, -0.05) is 6.42 Å². The minimum absolute atomic E-state index is 0.161. The maximum Gasteiger partial charge on any atom is 0.287 e. The van der Waals surface area contributed by atoms with Crippen molar-refractivity contribution in [1.29, 1.82) is 0 Å². The maximum atomic E-state index is 11.9. The predicted octanol–water partition coefficient (Wildman–Crippen LogP) is 1.36. The van der Waals surface area contributed by atoms with E-state index in [0.717, 1.165) is 37.6 Å². The molecule has 1 aromatic rings. The van der Waals surface area contributed by atoms with Crippen molar-refractivity contribution in [2.75, 3.05) is 46.3 Å². The number of carbonyl (C=O) groups excluding carboxylic acids is 1. The van der Waals surface area contributed by atoms with E-state index in [2.05, 4.69) is 25.8 Å². The lowest BCUT2D eigenvalue weighted by Crippen LogP contribution is -2.43. The van der Waals surface area contributed by atoms with Crippen molar-refractivity contribution in [3.63, 3.8) is 0 Å². The third-order valence-electron chi connectivity index (χ3n) is 4.39. The van der Waals surface area contributed by atoms with Crippen LogP contribution in [0.15, 0.2) is 21.7 Å². The Hall–Kier alpha value is -2.02. The van der Waals surface area contributed by atoms with Crippen molar-refractivity contribution < 1.29 is 9.21 Å². The summed E-state index contributed by atoms with van der Waals surface area (Å²) in [5, 5.41) is 9.48. The van der Waals surface area contributed by atoms with Crippen molar-refractivity contribution >= 4 is 11.9 Å². The molecule has 0 aliphatic carbocycles. The van der Waals surface area contributed by atoms with Gasteiger partial charge in [-0.05, 0) is 45.3 Å². The quantitative estimate of drug-likeness (QED) is 0.375.